The van der Waals surface area contributed by atoms with Crippen molar-refractivity contribution in [2.45, 2.75) is 19.4 Å². The summed E-state index contributed by atoms with van der Waals surface area (Å²) in [5.74, 6) is 0.561. The van der Waals surface area contributed by atoms with Crippen LogP contribution in [0.1, 0.15) is 24.9 Å². The van der Waals surface area contributed by atoms with Crippen LogP contribution in [0.3, 0.4) is 0 Å². The minimum Gasteiger partial charge on any atom is -0.381 e. The van der Waals surface area contributed by atoms with E-state index in [-0.39, 0.29) is 0 Å². The van der Waals surface area contributed by atoms with Gasteiger partial charge in [0.15, 0.2) is 0 Å². The second-order valence-electron chi connectivity index (χ2n) is 4.33. The molecular formula is C13H17ClINO. The van der Waals surface area contributed by atoms with Gasteiger partial charge in [-0.25, -0.2) is 0 Å². The first kappa shape index (κ1) is 13.6. The lowest BCUT2D eigenvalue weighted by Gasteiger charge is -2.24. The normalized spacial score (nSPS) is 21.7. The summed E-state index contributed by atoms with van der Waals surface area (Å²) in [5.41, 5.74) is 1.27. The number of halogens is 2. The van der Waals surface area contributed by atoms with E-state index in [9.17, 15) is 0 Å². The summed E-state index contributed by atoms with van der Waals surface area (Å²) >= 11 is 8.46. The van der Waals surface area contributed by atoms with Gasteiger partial charge < -0.3 is 10.1 Å². The molecule has 2 unspecified atom stereocenters. The molecule has 1 aliphatic heterocycles. The van der Waals surface area contributed by atoms with Crippen molar-refractivity contribution in [2.24, 2.45) is 5.92 Å². The number of hydrogen-bond acceptors (Lipinski definition) is 2. The Morgan fingerprint density at radius 3 is 3.00 bits per heavy atom. The SMILES string of the molecule is CCNC(c1ccc(I)c(Cl)c1)C1CCOC1. The number of rotatable bonds is 4. The van der Waals surface area contributed by atoms with Gasteiger partial charge in [-0.05, 0) is 53.3 Å². The van der Waals surface area contributed by atoms with E-state index >= 15 is 0 Å². The number of ether oxygens (including phenoxy) is 1. The molecule has 2 nitrogen and oxygen atoms in total. The molecular weight excluding hydrogens is 349 g/mol. The largest absolute Gasteiger partial charge is 0.381 e. The van der Waals surface area contributed by atoms with Crippen LogP contribution in [0.4, 0.5) is 0 Å². The summed E-state index contributed by atoms with van der Waals surface area (Å²) in [6, 6.07) is 6.68. The van der Waals surface area contributed by atoms with Gasteiger partial charge in [0.25, 0.3) is 0 Å². The van der Waals surface area contributed by atoms with Crippen LogP contribution in [0, 0.1) is 9.49 Å². The van der Waals surface area contributed by atoms with Crippen molar-refractivity contribution in [1.82, 2.24) is 5.32 Å². The van der Waals surface area contributed by atoms with Gasteiger partial charge in [-0.15, -0.1) is 0 Å². The highest BCUT2D eigenvalue weighted by atomic mass is 127. The molecule has 1 saturated heterocycles. The van der Waals surface area contributed by atoms with Crippen LogP contribution in [0.2, 0.25) is 5.02 Å². The third kappa shape index (κ3) is 3.34. The molecule has 94 valence electrons. The van der Waals surface area contributed by atoms with Gasteiger partial charge in [0.2, 0.25) is 0 Å². The molecule has 2 rings (SSSR count). The van der Waals surface area contributed by atoms with Crippen molar-refractivity contribution in [3.05, 3.63) is 32.4 Å². The number of hydrogen-bond donors (Lipinski definition) is 1. The molecule has 1 aromatic carbocycles. The molecule has 1 aromatic rings. The number of benzene rings is 1. The van der Waals surface area contributed by atoms with Crippen LogP contribution in [0.25, 0.3) is 0 Å². The maximum Gasteiger partial charge on any atom is 0.0542 e. The fraction of sp³-hybridized carbons (Fsp3) is 0.538. The molecule has 0 aromatic heterocycles. The van der Waals surface area contributed by atoms with E-state index in [0.717, 1.165) is 34.8 Å². The summed E-state index contributed by atoms with van der Waals surface area (Å²) in [7, 11) is 0. The van der Waals surface area contributed by atoms with Gasteiger partial charge in [-0.3, -0.25) is 0 Å². The summed E-state index contributed by atoms with van der Waals surface area (Å²) < 4.78 is 6.59. The van der Waals surface area contributed by atoms with Crippen molar-refractivity contribution in [3.8, 4) is 0 Å². The fourth-order valence-electron chi connectivity index (χ4n) is 2.30. The van der Waals surface area contributed by atoms with Crippen LogP contribution in [0.15, 0.2) is 18.2 Å². The van der Waals surface area contributed by atoms with Gasteiger partial charge in [-0.1, -0.05) is 24.6 Å². The minimum absolute atomic E-state index is 0.358. The average molecular weight is 366 g/mol. The maximum atomic E-state index is 6.20. The highest BCUT2D eigenvalue weighted by Crippen LogP contribution is 2.31. The highest BCUT2D eigenvalue weighted by Gasteiger charge is 2.26. The van der Waals surface area contributed by atoms with E-state index in [2.05, 4.69) is 53.0 Å². The minimum atomic E-state index is 0.358. The van der Waals surface area contributed by atoms with Crippen LogP contribution < -0.4 is 5.32 Å². The van der Waals surface area contributed by atoms with Crippen LogP contribution in [-0.4, -0.2) is 19.8 Å². The van der Waals surface area contributed by atoms with Crippen molar-refractivity contribution < 1.29 is 4.74 Å². The van der Waals surface area contributed by atoms with Gasteiger partial charge in [-0.2, -0.15) is 0 Å². The summed E-state index contributed by atoms with van der Waals surface area (Å²) in [6.07, 6.45) is 1.13. The first-order valence-corrected chi connectivity index (χ1v) is 7.44. The third-order valence-corrected chi connectivity index (χ3v) is 4.74. The summed E-state index contributed by atoms with van der Waals surface area (Å²) in [5, 5.41) is 4.38. The fourth-order valence-corrected chi connectivity index (χ4v) is 2.82. The predicted octanol–water partition coefficient (Wildman–Crippen LogP) is 3.63. The molecule has 0 aliphatic carbocycles. The smallest absolute Gasteiger partial charge is 0.0542 e. The Labute approximate surface area is 121 Å². The zero-order chi connectivity index (χ0) is 12.3. The molecule has 2 atom stereocenters. The van der Waals surface area contributed by atoms with Crippen molar-refractivity contribution >= 4 is 34.2 Å². The third-order valence-electron chi connectivity index (χ3n) is 3.16. The lowest BCUT2D eigenvalue weighted by atomic mass is 9.92. The van der Waals surface area contributed by atoms with Gasteiger partial charge in [0.1, 0.15) is 0 Å². The lowest BCUT2D eigenvalue weighted by molar-refractivity contribution is 0.177. The Bertz CT molecular complexity index is 380. The van der Waals surface area contributed by atoms with E-state index in [1.165, 1.54) is 5.56 Å². The molecule has 1 heterocycles. The molecule has 1 fully saturated rings. The van der Waals surface area contributed by atoms with Crippen LogP contribution in [-0.2, 0) is 4.74 Å². The summed E-state index contributed by atoms with van der Waals surface area (Å²) in [6.45, 7) is 4.83. The monoisotopic (exact) mass is 365 g/mol. The van der Waals surface area contributed by atoms with Gasteiger partial charge in [0, 0.05) is 22.1 Å². The maximum absolute atomic E-state index is 6.20. The number of nitrogens with one attached hydrogen (secondary N) is 1. The van der Waals surface area contributed by atoms with Crippen molar-refractivity contribution in [3.63, 3.8) is 0 Å². The molecule has 1 N–H and O–H groups in total. The van der Waals surface area contributed by atoms with Crippen LogP contribution in [0.5, 0.6) is 0 Å². The van der Waals surface area contributed by atoms with Crippen molar-refractivity contribution in [2.75, 3.05) is 19.8 Å². The average Bonchev–Trinajstić information content (AvgIpc) is 2.83. The first-order valence-electron chi connectivity index (χ1n) is 5.98. The topological polar surface area (TPSA) is 21.3 Å². The molecule has 4 heteroatoms. The van der Waals surface area contributed by atoms with Gasteiger partial charge in [0.05, 0.1) is 11.6 Å². The second kappa shape index (κ2) is 6.36. The Morgan fingerprint density at radius 1 is 1.59 bits per heavy atom. The molecule has 17 heavy (non-hydrogen) atoms. The quantitative estimate of drug-likeness (QED) is 0.823. The molecule has 0 radical (unpaired) electrons. The Hall–Kier alpha value is 0.160. The molecule has 0 amide bonds. The highest BCUT2D eigenvalue weighted by molar-refractivity contribution is 14.1. The van der Waals surface area contributed by atoms with E-state index in [1.807, 2.05) is 0 Å². The Kier molecular flexibility index (Phi) is 5.09. The van der Waals surface area contributed by atoms with E-state index < -0.39 is 0 Å². The Balaban J connectivity index is 2.21. The van der Waals surface area contributed by atoms with Crippen molar-refractivity contribution in [1.29, 1.82) is 0 Å². The molecule has 1 aliphatic rings. The van der Waals surface area contributed by atoms with E-state index in [0.29, 0.717) is 12.0 Å². The molecule has 0 bridgehead atoms. The zero-order valence-electron chi connectivity index (χ0n) is 9.88. The predicted molar refractivity (Wildman–Crippen MR) is 79.5 cm³/mol. The standard InChI is InChI=1S/C13H17ClINO/c1-2-16-13(10-5-6-17-8-10)9-3-4-12(15)11(14)7-9/h3-4,7,10,13,16H,2,5-6,8H2,1H3. The zero-order valence-corrected chi connectivity index (χ0v) is 12.8. The van der Waals surface area contributed by atoms with Gasteiger partial charge >= 0.3 is 0 Å². The summed E-state index contributed by atoms with van der Waals surface area (Å²) in [4.78, 5) is 0. The van der Waals surface area contributed by atoms with E-state index in [1.54, 1.807) is 0 Å². The second-order valence-corrected chi connectivity index (χ2v) is 5.90. The molecule has 0 saturated carbocycles. The van der Waals surface area contributed by atoms with E-state index in [4.69, 9.17) is 16.3 Å². The lowest BCUT2D eigenvalue weighted by Crippen LogP contribution is -2.28. The Morgan fingerprint density at radius 2 is 2.41 bits per heavy atom. The van der Waals surface area contributed by atoms with Crippen LogP contribution >= 0.6 is 34.2 Å². The first-order chi connectivity index (χ1) is 8.22. The molecule has 0 spiro atoms.